The van der Waals surface area contributed by atoms with Crippen LogP contribution in [0.4, 0.5) is 28.2 Å². The van der Waals surface area contributed by atoms with Crippen molar-refractivity contribution in [1.82, 2.24) is 0 Å². The molecule has 0 fully saturated rings. The third-order valence-corrected chi connectivity index (χ3v) is 1.33. The highest BCUT2D eigenvalue weighted by molar-refractivity contribution is 4.99. The van der Waals surface area contributed by atoms with E-state index in [1.54, 1.807) is 0 Å². The van der Waals surface area contributed by atoms with Gasteiger partial charge < -0.3 is 0 Å². The second-order valence-corrected chi connectivity index (χ2v) is 2.31. The zero-order chi connectivity index (χ0) is 8.49. The molecule has 0 aromatic heterocycles. The first-order valence-electron chi connectivity index (χ1n) is 4.00. The summed E-state index contributed by atoms with van der Waals surface area (Å²) in [4.78, 5) is 0. The Morgan fingerprint density at radius 3 is 0.278 bits per heavy atom. The van der Waals surface area contributed by atoms with Gasteiger partial charge in [0.2, 0.25) is 0 Å². The first-order valence-corrected chi connectivity index (χ1v) is 4.00. The molecule has 0 nitrogen and oxygen atoms in total. The molecule has 0 unspecified atom stereocenters. The van der Waals surface area contributed by atoms with Gasteiger partial charge in [-0.15, -0.1) is 0 Å². The van der Waals surface area contributed by atoms with Gasteiger partial charge in [0.15, 0.2) is 0 Å². The first-order chi connectivity index (χ1) is 6.00. The smallest absolute Gasteiger partial charge is 0.0623 e. The fourth-order valence-electron chi connectivity index (χ4n) is 0.770. The summed E-state index contributed by atoms with van der Waals surface area (Å²) in [6, 6.07) is 24.0. The van der Waals surface area contributed by atoms with Crippen LogP contribution in [0.25, 0.3) is 0 Å². The largest absolute Gasteiger partial charge is 0.269 e. The van der Waals surface area contributed by atoms with Crippen LogP contribution in [0.1, 0.15) is 0 Å². The predicted octanol–water partition coefficient (Wildman–Crippen LogP) is 4.29. The third kappa shape index (κ3) is 23.7. The van der Waals surface area contributed by atoms with Gasteiger partial charge in [0.25, 0.3) is 0 Å². The monoisotopic (exact) mass is 276 g/mol. The molecule has 0 aliphatic heterocycles. The standard InChI is InChI=1S/2C6H6.6FH/c2*1-2-4-6-5-3-1;;;;;;/h2*1-6H;6*1H. The van der Waals surface area contributed by atoms with Crippen molar-refractivity contribution >= 4 is 0 Å². The Morgan fingerprint density at radius 2 is 0.222 bits per heavy atom. The van der Waals surface area contributed by atoms with Crippen molar-refractivity contribution in [1.29, 1.82) is 0 Å². The second kappa shape index (κ2) is 29.4. The molecular weight excluding hydrogens is 258 g/mol. The molecule has 0 saturated heterocycles. The van der Waals surface area contributed by atoms with E-state index in [0.29, 0.717) is 0 Å². The van der Waals surface area contributed by atoms with Crippen LogP contribution in [0.15, 0.2) is 72.8 Å². The molecule has 0 aliphatic rings. The van der Waals surface area contributed by atoms with E-state index in [4.69, 9.17) is 0 Å². The summed E-state index contributed by atoms with van der Waals surface area (Å²) in [7, 11) is 0. The molecule has 0 N–H and O–H groups in total. The van der Waals surface area contributed by atoms with Crippen molar-refractivity contribution in [3.05, 3.63) is 72.8 Å². The maximum Gasteiger partial charge on any atom is -0.0623 e. The fraction of sp³-hybridized carbons (Fsp3) is 0. The maximum atomic E-state index is 2.00. The van der Waals surface area contributed by atoms with E-state index in [9.17, 15) is 0 Å². The predicted molar refractivity (Wildman–Crippen MR) is 67.9 cm³/mol. The van der Waals surface area contributed by atoms with Crippen molar-refractivity contribution in [3.63, 3.8) is 0 Å². The lowest BCUT2D eigenvalue weighted by Gasteiger charge is -1.69. The minimum absolute atomic E-state index is 0. The molecule has 108 valence electrons. The van der Waals surface area contributed by atoms with E-state index >= 15 is 0 Å². The van der Waals surface area contributed by atoms with Gasteiger partial charge in [-0.1, -0.05) is 72.8 Å². The molecule has 0 heterocycles. The minimum atomic E-state index is 0. The lowest BCUT2D eigenvalue weighted by molar-refractivity contribution is 1.11. The maximum absolute atomic E-state index is 2.00. The van der Waals surface area contributed by atoms with Crippen molar-refractivity contribution < 1.29 is 28.2 Å². The van der Waals surface area contributed by atoms with Gasteiger partial charge in [-0.2, -0.15) is 0 Å². The summed E-state index contributed by atoms with van der Waals surface area (Å²) in [5, 5.41) is 0. The van der Waals surface area contributed by atoms with E-state index in [0.717, 1.165) is 0 Å². The lowest BCUT2D eigenvalue weighted by Crippen LogP contribution is -1.47. The summed E-state index contributed by atoms with van der Waals surface area (Å²) < 4.78 is 0. The molecule has 6 heteroatoms. The van der Waals surface area contributed by atoms with Crippen LogP contribution in [0, 0.1) is 0 Å². The van der Waals surface area contributed by atoms with E-state index in [2.05, 4.69) is 0 Å². The van der Waals surface area contributed by atoms with Gasteiger partial charge >= 0.3 is 0 Å². The highest BCUT2D eigenvalue weighted by Crippen LogP contribution is 1.80. The SMILES string of the molecule is F.F.F.F.F.F.c1ccccc1.c1ccccc1. The summed E-state index contributed by atoms with van der Waals surface area (Å²) in [6.07, 6.45) is 0. The number of rotatable bonds is 0. The van der Waals surface area contributed by atoms with Gasteiger partial charge in [0.05, 0.1) is 0 Å². The molecule has 2 aromatic carbocycles. The van der Waals surface area contributed by atoms with Gasteiger partial charge in [-0.05, 0) is 0 Å². The highest BCUT2D eigenvalue weighted by atomic mass is 19.0. The van der Waals surface area contributed by atoms with Crippen LogP contribution >= 0.6 is 0 Å². The zero-order valence-electron chi connectivity index (χ0n) is 9.38. The molecule has 0 saturated carbocycles. The number of halogens is 6. The Morgan fingerprint density at radius 1 is 0.167 bits per heavy atom. The van der Waals surface area contributed by atoms with Crippen LogP contribution in [-0.4, -0.2) is 0 Å². The first kappa shape index (κ1) is 36.0. The molecule has 2 aromatic rings. The molecule has 18 heavy (non-hydrogen) atoms. The highest BCUT2D eigenvalue weighted by Gasteiger charge is 1.58. The van der Waals surface area contributed by atoms with Crippen molar-refractivity contribution in [2.45, 2.75) is 0 Å². The molecule has 2 rings (SSSR count). The zero-order valence-corrected chi connectivity index (χ0v) is 9.38. The summed E-state index contributed by atoms with van der Waals surface area (Å²) in [5.41, 5.74) is 0. The Bertz CT molecular complexity index is 192. The van der Waals surface area contributed by atoms with Crippen LogP contribution in [0.5, 0.6) is 0 Å². The molecule has 0 spiro atoms. The second-order valence-electron chi connectivity index (χ2n) is 2.31. The summed E-state index contributed by atoms with van der Waals surface area (Å²) in [6.45, 7) is 0. The molecule has 0 amide bonds. The van der Waals surface area contributed by atoms with Crippen molar-refractivity contribution in [2.24, 2.45) is 0 Å². The van der Waals surface area contributed by atoms with Crippen LogP contribution < -0.4 is 0 Å². The van der Waals surface area contributed by atoms with Gasteiger partial charge in [-0.25, -0.2) is 0 Å². The number of benzene rings is 2. The molecular formula is C12H18F6. The Balaban J connectivity index is -0.0000000300. The fourth-order valence-corrected chi connectivity index (χ4v) is 0.770. The van der Waals surface area contributed by atoms with E-state index in [1.807, 2.05) is 72.8 Å². The average molecular weight is 276 g/mol. The normalized spacial score (nSPS) is 5.33. The molecule has 0 aliphatic carbocycles. The molecule has 0 bridgehead atoms. The Hall–Kier alpha value is -1.98. The van der Waals surface area contributed by atoms with E-state index in [1.165, 1.54) is 0 Å². The van der Waals surface area contributed by atoms with Crippen molar-refractivity contribution in [2.75, 3.05) is 0 Å². The average Bonchev–Trinajstić information content (AvgIpc) is 2.24. The van der Waals surface area contributed by atoms with Crippen LogP contribution in [0.3, 0.4) is 0 Å². The number of hydrogen-bond donors (Lipinski definition) is 0. The third-order valence-electron chi connectivity index (χ3n) is 1.33. The molecule has 0 radical (unpaired) electrons. The van der Waals surface area contributed by atoms with E-state index < -0.39 is 0 Å². The van der Waals surface area contributed by atoms with Gasteiger partial charge in [0, 0.05) is 0 Å². The van der Waals surface area contributed by atoms with Crippen molar-refractivity contribution in [3.8, 4) is 0 Å². The van der Waals surface area contributed by atoms with Gasteiger partial charge in [-0.3, -0.25) is 28.2 Å². The van der Waals surface area contributed by atoms with Crippen LogP contribution in [-0.2, 0) is 0 Å². The topological polar surface area (TPSA) is 0 Å². The number of hydrogen-bond acceptors (Lipinski definition) is 0. The Kier molecular flexibility index (Phi) is 58.8. The Labute approximate surface area is 102 Å². The lowest BCUT2D eigenvalue weighted by atomic mass is 10.4. The quantitative estimate of drug-likeness (QED) is 0.630. The molecule has 0 atom stereocenters. The van der Waals surface area contributed by atoms with E-state index in [-0.39, 0.29) is 28.2 Å². The summed E-state index contributed by atoms with van der Waals surface area (Å²) in [5.74, 6) is 0. The van der Waals surface area contributed by atoms with Crippen LogP contribution in [0.2, 0.25) is 0 Å². The summed E-state index contributed by atoms with van der Waals surface area (Å²) >= 11 is 0. The van der Waals surface area contributed by atoms with Gasteiger partial charge in [0.1, 0.15) is 0 Å². The minimum Gasteiger partial charge on any atom is -0.269 e.